The number of benzene rings is 1. The van der Waals surface area contributed by atoms with Crippen molar-refractivity contribution in [3.8, 4) is 5.75 Å². The summed E-state index contributed by atoms with van der Waals surface area (Å²) in [5, 5.41) is 9.67. The summed E-state index contributed by atoms with van der Waals surface area (Å²) in [6.45, 7) is 0.835. The third-order valence-corrected chi connectivity index (χ3v) is 2.52. The molecule has 0 aliphatic rings. The summed E-state index contributed by atoms with van der Waals surface area (Å²) in [6.07, 6.45) is 0. The van der Waals surface area contributed by atoms with Crippen molar-refractivity contribution in [2.45, 2.75) is 12.5 Å². The first-order valence-electron chi connectivity index (χ1n) is 4.75. The van der Waals surface area contributed by atoms with Crippen LogP contribution in [-0.4, -0.2) is 30.4 Å². The molecule has 94 valence electrons. The van der Waals surface area contributed by atoms with Gasteiger partial charge >= 0.3 is 5.97 Å². The first kappa shape index (κ1) is 13.9. The van der Waals surface area contributed by atoms with Crippen molar-refractivity contribution in [1.29, 1.82) is 0 Å². The van der Waals surface area contributed by atoms with E-state index in [-0.39, 0.29) is 5.75 Å². The predicted octanol–water partition coefficient (Wildman–Crippen LogP) is 1.89. The molecule has 0 heterocycles. The average molecular weight is 307 g/mol. The highest BCUT2D eigenvalue weighted by atomic mass is 79.9. The van der Waals surface area contributed by atoms with Gasteiger partial charge in [-0.25, -0.2) is 9.18 Å². The number of ether oxygens (including phenoxy) is 2. The molecule has 0 amide bonds. The molecule has 1 atom stereocenters. The van der Waals surface area contributed by atoms with E-state index in [4.69, 9.17) is 4.74 Å². The molecule has 1 aromatic carbocycles. The molecule has 0 bridgehead atoms. The van der Waals surface area contributed by atoms with Crippen LogP contribution in [0.5, 0.6) is 5.75 Å². The number of methoxy groups -OCH3 is 1. The van der Waals surface area contributed by atoms with Crippen molar-refractivity contribution in [2.24, 2.45) is 0 Å². The molecule has 0 saturated carbocycles. The van der Waals surface area contributed by atoms with Crippen LogP contribution in [0.1, 0.15) is 6.92 Å². The molecule has 0 saturated heterocycles. The van der Waals surface area contributed by atoms with Crippen molar-refractivity contribution >= 4 is 21.9 Å². The Hall–Kier alpha value is -1.14. The van der Waals surface area contributed by atoms with E-state index in [1.165, 1.54) is 25.1 Å². The molecule has 1 N–H and O–H groups in total. The quantitative estimate of drug-likeness (QED) is 0.863. The number of carbonyl (C=O) groups is 1. The summed E-state index contributed by atoms with van der Waals surface area (Å²) in [4.78, 5) is 11.2. The molecule has 0 radical (unpaired) electrons. The molecule has 1 unspecified atom stereocenters. The van der Waals surface area contributed by atoms with Crippen LogP contribution in [0.3, 0.4) is 0 Å². The lowest BCUT2D eigenvalue weighted by Gasteiger charge is -2.20. The largest absolute Gasteiger partial charge is 0.487 e. The zero-order valence-electron chi connectivity index (χ0n) is 9.37. The number of carbonyl (C=O) groups excluding carboxylic acids is 1. The second-order valence-electron chi connectivity index (χ2n) is 3.63. The summed E-state index contributed by atoms with van der Waals surface area (Å²) in [7, 11) is 1.15. The SMILES string of the molecule is COC(=O)C(C)(O)COc1cc(Br)ccc1F. The first-order valence-corrected chi connectivity index (χ1v) is 5.55. The van der Waals surface area contributed by atoms with Crippen LogP contribution in [0.15, 0.2) is 22.7 Å². The lowest BCUT2D eigenvalue weighted by Crippen LogP contribution is -2.42. The maximum atomic E-state index is 13.3. The molecule has 4 nitrogen and oxygen atoms in total. The smallest absolute Gasteiger partial charge is 0.341 e. The fourth-order valence-electron chi connectivity index (χ4n) is 1.08. The molecule has 0 fully saturated rings. The normalized spacial score (nSPS) is 13.9. The molecular weight excluding hydrogens is 295 g/mol. The van der Waals surface area contributed by atoms with Gasteiger partial charge in [0.05, 0.1) is 7.11 Å². The van der Waals surface area contributed by atoms with E-state index < -0.39 is 24.0 Å². The zero-order valence-corrected chi connectivity index (χ0v) is 11.0. The van der Waals surface area contributed by atoms with Crippen LogP contribution in [0.2, 0.25) is 0 Å². The van der Waals surface area contributed by atoms with Crippen LogP contribution in [-0.2, 0) is 9.53 Å². The van der Waals surface area contributed by atoms with E-state index in [0.717, 1.165) is 7.11 Å². The number of halogens is 2. The Balaban J connectivity index is 2.73. The summed E-state index contributed by atoms with van der Waals surface area (Å²) in [6, 6.07) is 4.13. The van der Waals surface area contributed by atoms with E-state index in [1.807, 2.05) is 0 Å². The monoisotopic (exact) mass is 306 g/mol. The minimum absolute atomic E-state index is 0.0523. The minimum atomic E-state index is -1.82. The number of hydrogen-bond acceptors (Lipinski definition) is 4. The Morgan fingerprint density at radius 3 is 2.82 bits per heavy atom. The van der Waals surface area contributed by atoms with Gasteiger partial charge in [-0.05, 0) is 25.1 Å². The first-order chi connectivity index (χ1) is 7.86. The van der Waals surface area contributed by atoms with Gasteiger partial charge < -0.3 is 14.6 Å². The third kappa shape index (κ3) is 3.67. The summed E-state index contributed by atoms with van der Waals surface area (Å²) in [5.41, 5.74) is -1.82. The topological polar surface area (TPSA) is 55.8 Å². The van der Waals surface area contributed by atoms with Crippen LogP contribution in [0.25, 0.3) is 0 Å². The van der Waals surface area contributed by atoms with Crippen LogP contribution >= 0.6 is 15.9 Å². The zero-order chi connectivity index (χ0) is 13.1. The van der Waals surface area contributed by atoms with Gasteiger partial charge in [-0.15, -0.1) is 0 Å². The molecule has 6 heteroatoms. The molecule has 0 aromatic heterocycles. The van der Waals surface area contributed by atoms with Gasteiger partial charge in [0.15, 0.2) is 17.2 Å². The molecule has 0 aliphatic carbocycles. The van der Waals surface area contributed by atoms with E-state index in [0.29, 0.717) is 4.47 Å². The van der Waals surface area contributed by atoms with Crippen LogP contribution in [0, 0.1) is 5.82 Å². The van der Waals surface area contributed by atoms with E-state index in [1.54, 1.807) is 0 Å². The average Bonchev–Trinajstić information content (AvgIpc) is 2.29. The molecule has 0 spiro atoms. The van der Waals surface area contributed by atoms with Crippen molar-refractivity contribution in [1.82, 2.24) is 0 Å². The van der Waals surface area contributed by atoms with Crippen molar-refractivity contribution in [2.75, 3.05) is 13.7 Å². The fourth-order valence-corrected chi connectivity index (χ4v) is 1.42. The Labute approximate surface area is 106 Å². The molecule has 1 rings (SSSR count). The van der Waals surface area contributed by atoms with Crippen molar-refractivity contribution < 1.29 is 23.8 Å². The van der Waals surface area contributed by atoms with Crippen molar-refractivity contribution in [3.05, 3.63) is 28.5 Å². The highest BCUT2D eigenvalue weighted by Gasteiger charge is 2.32. The van der Waals surface area contributed by atoms with Gasteiger partial charge in [-0.1, -0.05) is 15.9 Å². The van der Waals surface area contributed by atoms with E-state index in [2.05, 4.69) is 20.7 Å². The standard InChI is InChI=1S/C11H12BrFO4/c1-11(15,10(14)16-2)6-17-9-5-7(12)3-4-8(9)13/h3-5,15H,6H2,1-2H3. The summed E-state index contributed by atoms with van der Waals surface area (Å²) < 4.78 is 23.4. The molecule has 1 aromatic rings. The maximum absolute atomic E-state index is 13.3. The van der Waals surface area contributed by atoms with Crippen LogP contribution in [0.4, 0.5) is 4.39 Å². The molecule has 17 heavy (non-hydrogen) atoms. The van der Waals surface area contributed by atoms with E-state index >= 15 is 0 Å². The Morgan fingerprint density at radius 2 is 2.24 bits per heavy atom. The number of rotatable bonds is 4. The Kier molecular flexibility index (Phi) is 4.47. The minimum Gasteiger partial charge on any atom is -0.487 e. The second kappa shape index (κ2) is 5.46. The fraction of sp³-hybridized carbons (Fsp3) is 0.364. The van der Waals surface area contributed by atoms with E-state index in [9.17, 15) is 14.3 Å². The van der Waals surface area contributed by atoms with Gasteiger partial charge in [0.2, 0.25) is 0 Å². The van der Waals surface area contributed by atoms with Gasteiger partial charge in [-0.2, -0.15) is 0 Å². The second-order valence-corrected chi connectivity index (χ2v) is 4.54. The van der Waals surface area contributed by atoms with Gasteiger partial charge in [0.25, 0.3) is 0 Å². The maximum Gasteiger partial charge on any atom is 0.341 e. The highest BCUT2D eigenvalue weighted by Crippen LogP contribution is 2.23. The highest BCUT2D eigenvalue weighted by molar-refractivity contribution is 9.10. The number of esters is 1. The Bertz CT molecular complexity index is 420. The third-order valence-electron chi connectivity index (χ3n) is 2.03. The summed E-state index contributed by atoms with van der Waals surface area (Å²) >= 11 is 3.16. The predicted molar refractivity (Wildman–Crippen MR) is 62.2 cm³/mol. The lowest BCUT2D eigenvalue weighted by molar-refractivity contribution is -0.163. The summed E-state index contributed by atoms with van der Waals surface area (Å²) in [5.74, 6) is -1.47. The van der Waals surface area contributed by atoms with Crippen molar-refractivity contribution in [3.63, 3.8) is 0 Å². The van der Waals surface area contributed by atoms with Gasteiger partial charge in [0.1, 0.15) is 6.61 Å². The van der Waals surface area contributed by atoms with Gasteiger partial charge in [-0.3, -0.25) is 0 Å². The lowest BCUT2D eigenvalue weighted by atomic mass is 10.1. The van der Waals surface area contributed by atoms with Crippen LogP contribution < -0.4 is 4.74 Å². The molecule has 0 aliphatic heterocycles. The number of aliphatic hydroxyl groups is 1. The Morgan fingerprint density at radius 1 is 1.59 bits per heavy atom. The van der Waals surface area contributed by atoms with Gasteiger partial charge in [0, 0.05) is 4.47 Å². The molecular formula is C11H12BrFO4. The number of hydrogen-bond donors (Lipinski definition) is 1.